The Morgan fingerprint density at radius 2 is 1.97 bits per heavy atom. The minimum atomic E-state index is -3.14. The molecule has 1 aliphatic heterocycles. The van der Waals surface area contributed by atoms with E-state index in [0.717, 1.165) is 21.9 Å². The van der Waals surface area contributed by atoms with Crippen LogP contribution in [0.3, 0.4) is 0 Å². The van der Waals surface area contributed by atoms with E-state index >= 15 is 0 Å². The Morgan fingerprint density at radius 3 is 2.59 bits per heavy atom. The van der Waals surface area contributed by atoms with Crippen LogP contribution in [0.15, 0.2) is 71.3 Å². The SMILES string of the molecule is CCSc1ccc(-c2nn(-c3ccccc3)cc2/C=C(/C#N)C(=O)NC2CCS(=O)(=O)C2)cc1. The summed E-state index contributed by atoms with van der Waals surface area (Å²) in [5, 5.41) is 17.1. The van der Waals surface area contributed by atoms with Crippen molar-refractivity contribution in [2.75, 3.05) is 17.3 Å². The number of rotatable bonds is 7. The van der Waals surface area contributed by atoms with Crippen LogP contribution in [-0.2, 0) is 14.6 Å². The van der Waals surface area contributed by atoms with Gasteiger partial charge < -0.3 is 5.32 Å². The first kappa shape index (κ1) is 23.8. The van der Waals surface area contributed by atoms with Crippen molar-refractivity contribution >= 4 is 33.6 Å². The fraction of sp³-hybridized carbons (Fsp3) is 0.240. The van der Waals surface area contributed by atoms with Gasteiger partial charge in [-0.05, 0) is 42.5 Å². The van der Waals surface area contributed by atoms with Crippen LogP contribution < -0.4 is 5.32 Å². The van der Waals surface area contributed by atoms with E-state index < -0.39 is 21.8 Å². The third-order valence-electron chi connectivity index (χ3n) is 5.43. The summed E-state index contributed by atoms with van der Waals surface area (Å²) in [7, 11) is -3.14. The Labute approximate surface area is 203 Å². The van der Waals surface area contributed by atoms with Gasteiger partial charge in [-0.1, -0.05) is 37.3 Å². The first-order valence-electron chi connectivity index (χ1n) is 10.9. The number of hydrogen-bond acceptors (Lipinski definition) is 6. The number of amides is 1. The quantitative estimate of drug-likeness (QED) is 0.305. The Hall–Kier alpha value is -3.35. The second-order valence-corrected chi connectivity index (χ2v) is 11.5. The number of aromatic nitrogens is 2. The van der Waals surface area contributed by atoms with Gasteiger partial charge in [0.05, 0.1) is 22.9 Å². The molecule has 1 fully saturated rings. The van der Waals surface area contributed by atoms with Crippen molar-refractivity contribution in [2.24, 2.45) is 0 Å². The van der Waals surface area contributed by atoms with Crippen molar-refractivity contribution in [1.82, 2.24) is 15.1 Å². The average Bonchev–Trinajstić information content (AvgIpc) is 3.41. The molecule has 174 valence electrons. The van der Waals surface area contributed by atoms with E-state index in [2.05, 4.69) is 12.2 Å². The van der Waals surface area contributed by atoms with E-state index in [-0.39, 0.29) is 17.1 Å². The molecule has 1 atom stereocenters. The van der Waals surface area contributed by atoms with E-state index in [1.807, 2.05) is 60.7 Å². The second kappa shape index (κ2) is 10.3. The maximum Gasteiger partial charge on any atom is 0.262 e. The van der Waals surface area contributed by atoms with E-state index in [4.69, 9.17) is 5.10 Å². The summed E-state index contributed by atoms with van der Waals surface area (Å²) in [5.41, 5.74) is 2.87. The number of benzene rings is 2. The molecule has 2 aromatic carbocycles. The van der Waals surface area contributed by atoms with Gasteiger partial charge in [0.2, 0.25) is 0 Å². The predicted molar refractivity (Wildman–Crippen MR) is 134 cm³/mol. The smallest absolute Gasteiger partial charge is 0.262 e. The lowest BCUT2D eigenvalue weighted by molar-refractivity contribution is -0.117. The summed E-state index contributed by atoms with van der Waals surface area (Å²) in [6.45, 7) is 2.10. The molecule has 7 nitrogen and oxygen atoms in total. The maximum absolute atomic E-state index is 12.8. The highest BCUT2D eigenvalue weighted by atomic mass is 32.2. The Bertz CT molecular complexity index is 1360. The molecule has 34 heavy (non-hydrogen) atoms. The predicted octanol–water partition coefficient (Wildman–Crippen LogP) is 3.86. The van der Waals surface area contributed by atoms with Gasteiger partial charge >= 0.3 is 0 Å². The fourth-order valence-electron chi connectivity index (χ4n) is 3.78. The maximum atomic E-state index is 12.8. The minimum absolute atomic E-state index is 0.0455. The molecular formula is C25H24N4O3S2. The number of carbonyl (C=O) groups is 1. The van der Waals surface area contributed by atoms with E-state index in [1.165, 1.54) is 6.08 Å². The molecule has 0 aliphatic carbocycles. The van der Waals surface area contributed by atoms with Crippen molar-refractivity contribution in [2.45, 2.75) is 24.3 Å². The zero-order valence-electron chi connectivity index (χ0n) is 18.6. The first-order chi connectivity index (χ1) is 16.4. The van der Waals surface area contributed by atoms with Crippen LogP contribution in [0.5, 0.6) is 0 Å². The van der Waals surface area contributed by atoms with Gasteiger partial charge in [-0.15, -0.1) is 11.8 Å². The molecule has 0 radical (unpaired) electrons. The Kier molecular flexibility index (Phi) is 7.20. The van der Waals surface area contributed by atoms with E-state index in [9.17, 15) is 18.5 Å². The molecule has 1 unspecified atom stereocenters. The van der Waals surface area contributed by atoms with E-state index in [1.54, 1.807) is 22.6 Å². The van der Waals surface area contributed by atoms with Gasteiger partial charge in [0.1, 0.15) is 11.6 Å². The van der Waals surface area contributed by atoms with Crippen LogP contribution in [-0.4, -0.2) is 47.4 Å². The third-order valence-corrected chi connectivity index (χ3v) is 8.10. The van der Waals surface area contributed by atoms with Crippen molar-refractivity contribution in [3.8, 4) is 23.0 Å². The molecule has 0 saturated carbocycles. The number of nitrogens with one attached hydrogen (secondary N) is 1. The van der Waals surface area contributed by atoms with Crippen LogP contribution in [0.2, 0.25) is 0 Å². The molecule has 0 bridgehead atoms. The molecule has 9 heteroatoms. The lowest BCUT2D eigenvalue weighted by atomic mass is 10.1. The molecule has 1 aliphatic rings. The van der Waals surface area contributed by atoms with Gasteiger partial charge in [-0.3, -0.25) is 4.79 Å². The first-order valence-corrected chi connectivity index (χ1v) is 13.7. The standard InChI is InChI=1S/C25H24N4O3S2/c1-2-33-23-10-8-18(9-11-23)24-20(16-29(28-24)22-6-4-3-5-7-22)14-19(15-26)25(30)27-21-12-13-34(31,32)17-21/h3-11,14,16,21H,2,12-13,17H2,1H3,(H,27,30)/b19-14-. The number of para-hydroxylation sites is 1. The number of thioether (sulfide) groups is 1. The van der Waals surface area contributed by atoms with E-state index in [0.29, 0.717) is 17.7 Å². The van der Waals surface area contributed by atoms with Gasteiger partial charge in [0.25, 0.3) is 5.91 Å². The summed E-state index contributed by atoms with van der Waals surface area (Å²) in [6, 6.07) is 19.1. The zero-order chi connectivity index (χ0) is 24.1. The minimum Gasteiger partial charge on any atom is -0.348 e. The molecule has 1 aromatic heterocycles. The van der Waals surface area contributed by atoms with Crippen molar-refractivity contribution in [1.29, 1.82) is 5.26 Å². The average molecular weight is 493 g/mol. The molecular weight excluding hydrogens is 468 g/mol. The van der Waals surface area contributed by atoms with Crippen LogP contribution in [0.25, 0.3) is 23.0 Å². The Morgan fingerprint density at radius 1 is 1.24 bits per heavy atom. The highest BCUT2D eigenvalue weighted by molar-refractivity contribution is 7.99. The van der Waals surface area contributed by atoms with Crippen LogP contribution in [0, 0.1) is 11.3 Å². The topological polar surface area (TPSA) is 105 Å². The number of carbonyl (C=O) groups excluding carboxylic acids is 1. The molecule has 1 saturated heterocycles. The van der Waals surface area contributed by atoms with Crippen LogP contribution >= 0.6 is 11.8 Å². The van der Waals surface area contributed by atoms with Crippen molar-refractivity contribution in [3.63, 3.8) is 0 Å². The molecule has 3 aromatic rings. The highest BCUT2D eigenvalue weighted by Crippen LogP contribution is 2.28. The summed E-state index contributed by atoms with van der Waals surface area (Å²) >= 11 is 1.74. The molecule has 4 rings (SSSR count). The lowest BCUT2D eigenvalue weighted by Gasteiger charge is -2.09. The third kappa shape index (κ3) is 5.58. The fourth-order valence-corrected chi connectivity index (χ4v) is 6.12. The largest absolute Gasteiger partial charge is 0.348 e. The Balaban J connectivity index is 1.69. The highest BCUT2D eigenvalue weighted by Gasteiger charge is 2.29. The van der Waals surface area contributed by atoms with Gasteiger partial charge in [-0.2, -0.15) is 10.4 Å². The molecule has 2 heterocycles. The van der Waals surface area contributed by atoms with Gasteiger partial charge in [0, 0.05) is 28.3 Å². The van der Waals surface area contributed by atoms with Crippen molar-refractivity contribution in [3.05, 3.63) is 71.9 Å². The number of nitriles is 1. The molecule has 0 spiro atoms. The van der Waals surface area contributed by atoms with Crippen LogP contribution in [0.1, 0.15) is 18.9 Å². The normalized spacial score (nSPS) is 17.3. The zero-order valence-corrected chi connectivity index (χ0v) is 20.3. The molecule has 1 amide bonds. The summed E-state index contributed by atoms with van der Waals surface area (Å²) in [4.78, 5) is 13.9. The second-order valence-electron chi connectivity index (χ2n) is 7.91. The van der Waals surface area contributed by atoms with Crippen LogP contribution in [0.4, 0.5) is 0 Å². The monoisotopic (exact) mass is 492 g/mol. The summed E-state index contributed by atoms with van der Waals surface area (Å²) < 4.78 is 25.1. The molecule has 1 N–H and O–H groups in total. The summed E-state index contributed by atoms with van der Waals surface area (Å²) in [6.07, 6.45) is 3.64. The number of hydrogen-bond donors (Lipinski definition) is 1. The number of sulfone groups is 1. The summed E-state index contributed by atoms with van der Waals surface area (Å²) in [5.74, 6) is 0.331. The number of nitrogens with zero attached hydrogens (tertiary/aromatic N) is 3. The van der Waals surface area contributed by atoms with Crippen molar-refractivity contribution < 1.29 is 13.2 Å². The lowest BCUT2D eigenvalue weighted by Crippen LogP contribution is -2.36. The van der Waals surface area contributed by atoms with Gasteiger partial charge in [0.15, 0.2) is 9.84 Å². The van der Waals surface area contributed by atoms with Gasteiger partial charge in [-0.25, -0.2) is 13.1 Å².